The number of piperidine rings is 1. The number of carbonyl (C=O) groups is 1. The van der Waals surface area contributed by atoms with Gasteiger partial charge in [0.1, 0.15) is 41.4 Å². The second kappa shape index (κ2) is 17.6. The molecular formula is C42H40F7MnN7O5. The average Bonchev–Trinajstić information content (AvgIpc) is 3.92. The summed E-state index contributed by atoms with van der Waals surface area (Å²) in [5.74, 6) is -1.04. The van der Waals surface area contributed by atoms with E-state index in [0.29, 0.717) is 19.5 Å². The average molecular weight is 911 g/mol. The van der Waals surface area contributed by atoms with Gasteiger partial charge < -0.3 is 28.8 Å². The van der Waals surface area contributed by atoms with Gasteiger partial charge in [0.2, 0.25) is 0 Å². The Morgan fingerprint density at radius 3 is 2.65 bits per heavy atom. The van der Waals surface area contributed by atoms with Crippen molar-refractivity contribution in [1.29, 1.82) is 5.26 Å². The number of nitrogens with zero attached hydrogens (tertiary/aromatic N) is 7. The molecule has 0 N–H and O–H groups in total. The molecule has 1 radical (unpaired) electrons. The SMILES string of the molecule is C[C-]1C[C@@H](F)CN(c2nc(OC[C@@]34CCCN3C[C@H](F)C4)nc3c(F)c(-c4cc(OC(=O)N5CCC(C#N)(C(F)(F)F)C5)cc5ccc(F)c(CCCO[C-]=O)c45)ncc23)C1.[Mn+2]. The first-order valence-electron chi connectivity index (χ1n) is 19.9. The summed E-state index contributed by atoms with van der Waals surface area (Å²) in [6.07, 6.45) is -5.72. The summed E-state index contributed by atoms with van der Waals surface area (Å²) in [5, 5.41) is 9.88. The van der Waals surface area contributed by atoms with Gasteiger partial charge in [0.25, 0.3) is 0 Å². The molecule has 6 heterocycles. The van der Waals surface area contributed by atoms with Crippen molar-refractivity contribution in [2.24, 2.45) is 5.41 Å². The van der Waals surface area contributed by atoms with Crippen molar-refractivity contribution in [2.75, 3.05) is 57.4 Å². The first kappa shape index (κ1) is 45.0. The maximum absolute atomic E-state index is 17.5. The third-order valence-corrected chi connectivity index (χ3v) is 12.2. The molecule has 62 heavy (non-hydrogen) atoms. The Labute approximate surface area is 362 Å². The number of aromatic nitrogens is 3. The standard InChI is InChI=1S/C42H40F7N7O5.Mn/c1-24-12-26(43)18-55(17-24)37-31-16-51-35(34(46)36(31)52-38(53-37)60-22-41-7-3-9-56(41)19-27(44)15-41)30-14-28(61-39(58)54-10-8-40(20-50,21-54)42(47,48)49)13-25-5-6-32(45)29(33(25)30)4-2-11-59-23-57;/h5-6,13-14,16,26-27H,2-4,7-12,15,17-19,21-22H2,1H3;/q-2;+2/t26-,27-,40?,41+;/m1./s1. The van der Waals surface area contributed by atoms with Gasteiger partial charge >= 0.3 is 35.3 Å². The molecule has 0 saturated carbocycles. The summed E-state index contributed by atoms with van der Waals surface area (Å²) >= 11 is 0. The minimum Gasteiger partial charge on any atom is -0.653 e. The first-order chi connectivity index (χ1) is 29.1. The van der Waals surface area contributed by atoms with Gasteiger partial charge in [-0.15, -0.1) is 13.0 Å². The van der Waals surface area contributed by atoms with E-state index in [1.54, 1.807) is 11.8 Å². The number of alkyl halides is 5. The normalized spacial score (nSPS) is 24.2. The summed E-state index contributed by atoms with van der Waals surface area (Å²) in [5.41, 5.74) is -4.11. The summed E-state index contributed by atoms with van der Waals surface area (Å²) in [4.78, 5) is 42.0. The van der Waals surface area contributed by atoms with E-state index in [-0.39, 0.29) is 119 Å². The van der Waals surface area contributed by atoms with Crippen molar-refractivity contribution in [3.63, 3.8) is 0 Å². The predicted octanol–water partition coefficient (Wildman–Crippen LogP) is 7.51. The Morgan fingerprint density at radius 2 is 1.92 bits per heavy atom. The largest absolute Gasteiger partial charge is 2.00 e. The number of anilines is 1. The third kappa shape index (κ3) is 8.42. The molecule has 20 heteroatoms. The molecule has 4 atom stereocenters. The van der Waals surface area contributed by atoms with E-state index in [9.17, 15) is 32.4 Å². The Balaban J connectivity index is 0.00000578. The molecule has 0 bridgehead atoms. The Kier molecular flexibility index (Phi) is 12.8. The van der Waals surface area contributed by atoms with E-state index in [1.807, 2.05) is 4.90 Å². The molecule has 0 spiro atoms. The molecule has 1 amide bonds. The van der Waals surface area contributed by atoms with Gasteiger partial charge in [-0.3, -0.25) is 15.8 Å². The fourth-order valence-electron chi connectivity index (χ4n) is 9.32. The smallest absolute Gasteiger partial charge is 0.653 e. The minimum atomic E-state index is -4.92. The second-order valence-corrected chi connectivity index (χ2v) is 16.4. The van der Waals surface area contributed by atoms with E-state index in [4.69, 9.17) is 9.47 Å². The van der Waals surface area contributed by atoms with Gasteiger partial charge in [0.15, 0.2) is 11.2 Å². The van der Waals surface area contributed by atoms with Crippen LogP contribution in [0.3, 0.4) is 0 Å². The summed E-state index contributed by atoms with van der Waals surface area (Å²) < 4.78 is 121. The number of pyridine rings is 1. The molecule has 4 aliphatic heterocycles. The second-order valence-electron chi connectivity index (χ2n) is 16.4. The van der Waals surface area contributed by atoms with Crippen LogP contribution in [0.2, 0.25) is 0 Å². The van der Waals surface area contributed by atoms with Crippen LogP contribution in [0.4, 0.5) is 41.3 Å². The van der Waals surface area contributed by atoms with Crippen LogP contribution >= 0.6 is 0 Å². The Morgan fingerprint density at radius 1 is 1.11 bits per heavy atom. The van der Waals surface area contributed by atoms with Crippen LogP contribution in [-0.4, -0.2) is 114 Å². The number of ether oxygens (including phenoxy) is 3. The molecule has 4 aromatic rings. The number of carbonyl (C=O) groups excluding carboxylic acids is 2. The molecule has 4 aliphatic rings. The number of hydrogen-bond donors (Lipinski definition) is 0. The molecule has 2 aromatic heterocycles. The number of amides is 1. The fourth-order valence-corrected chi connectivity index (χ4v) is 9.32. The van der Waals surface area contributed by atoms with Crippen molar-refractivity contribution < 1.29 is 71.6 Å². The van der Waals surface area contributed by atoms with Crippen molar-refractivity contribution in [1.82, 2.24) is 24.8 Å². The number of nitriles is 1. The van der Waals surface area contributed by atoms with Gasteiger partial charge in [-0.1, -0.05) is 12.5 Å². The number of halogens is 7. The molecule has 329 valence electrons. The summed E-state index contributed by atoms with van der Waals surface area (Å²) in [7, 11) is 0. The van der Waals surface area contributed by atoms with Crippen LogP contribution in [0.1, 0.15) is 51.0 Å². The molecule has 4 fully saturated rings. The van der Waals surface area contributed by atoms with Gasteiger partial charge in [-0.2, -0.15) is 35.3 Å². The van der Waals surface area contributed by atoms with Crippen molar-refractivity contribution in [2.45, 2.75) is 75.9 Å². The zero-order valence-electron chi connectivity index (χ0n) is 33.3. The summed E-state index contributed by atoms with van der Waals surface area (Å²) in [6, 6.07) is 6.06. The maximum Gasteiger partial charge on any atom is 2.00 e. The van der Waals surface area contributed by atoms with Crippen LogP contribution in [-0.2, 0) is 33.0 Å². The number of fused-ring (bicyclic) bond motifs is 3. The van der Waals surface area contributed by atoms with E-state index in [2.05, 4.69) is 19.7 Å². The molecule has 0 aliphatic carbocycles. The van der Waals surface area contributed by atoms with E-state index >= 15 is 13.2 Å². The van der Waals surface area contributed by atoms with Crippen LogP contribution in [0, 0.1) is 34.3 Å². The van der Waals surface area contributed by atoms with Crippen molar-refractivity contribution in [3.8, 4) is 29.1 Å². The monoisotopic (exact) mass is 910 g/mol. The van der Waals surface area contributed by atoms with Gasteiger partial charge in [-0.05, 0) is 73.2 Å². The van der Waals surface area contributed by atoms with Gasteiger partial charge in [0, 0.05) is 44.4 Å². The van der Waals surface area contributed by atoms with Crippen LogP contribution < -0.4 is 14.4 Å². The number of hydrogen-bond acceptors (Lipinski definition) is 11. The van der Waals surface area contributed by atoms with Crippen LogP contribution in [0.15, 0.2) is 30.5 Å². The molecule has 8 rings (SSSR count). The molecule has 2 aromatic carbocycles. The van der Waals surface area contributed by atoms with E-state index < -0.39 is 72.4 Å². The first-order valence-corrected chi connectivity index (χ1v) is 19.9. The predicted molar refractivity (Wildman–Crippen MR) is 206 cm³/mol. The Hall–Kier alpha value is -4.99. The minimum absolute atomic E-state index is 0. The van der Waals surface area contributed by atoms with E-state index in [0.717, 1.165) is 23.3 Å². The van der Waals surface area contributed by atoms with Crippen molar-refractivity contribution in [3.05, 3.63) is 53.6 Å². The van der Waals surface area contributed by atoms with Gasteiger partial charge in [0.05, 0.1) is 29.7 Å². The van der Waals surface area contributed by atoms with E-state index in [1.165, 1.54) is 36.9 Å². The zero-order chi connectivity index (χ0) is 43.3. The summed E-state index contributed by atoms with van der Waals surface area (Å²) in [6.45, 7) is 2.76. The number of aryl methyl sites for hydroxylation is 1. The topological polar surface area (TPSA) is 134 Å². The third-order valence-electron chi connectivity index (χ3n) is 12.2. The number of benzene rings is 2. The zero-order valence-corrected chi connectivity index (χ0v) is 34.5. The molecule has 1 unspecified atom stereocenters. The maximum atomic E-state index is 17.5. The van der Waals surface area contributed by atoms with Crippen LogP contribution in [0.5, 0.6) is 11.8 Å². The van der Waals surface area contributed by atoms with Gasteiger partial charge in [-0.25, -0.2) is 22.4 Å². The molecule has 4 saturated heterocycles. The number of rotatable bonds is 11. The van der Waals surface area contributed by atoms with Crippen molar-refractivity contribution >= 4 is 40.1 Å². The molecular weight excluding hydrogens is 870 g/mol. The fraction of sp³-hybridized carbons (Fsp3) is 0.500. The van der Waals surface area contributed by atoms with Crippen LogP contribution in [0.25, 0.3) is 32.9 Å². The Bertz CT molecular complexity index is 2400. The number of likely N-dealkylation sites (tertiary alicyclic amines) is 1. The quantitative estimate of drug-likeness (QED) is 0.0641. The molecule has 12 nitrogen and oxygen atoms in total.